The molecule has 5 rings (SSSR count). The Bertz CT molecular complexity index is 1270. The van der Waals surface area contributed by atoms with E-state index in [4.69, 9.17) is 0 Å². The highest BCUT2D eigenvalue weighted by Crippen LogP contribution is 2.30. The molecular formula is C26H31N3O3S. The monoisotopic (exact) mass is 465 g/mol. The number of aryl methyl sites for hydroxylation is 1. The Balaban J connectivity index is 1.31. The predicted octanol–water partition coefficient (Wildman–Crippen LogP) is 4.26. The minimum Gasteiger partial charge on any atom is -0.348 e. The van der Waals surface area contributed by atoms with Crippen LogP contribution in [0.3, 0.4) is 0 Å². The van der Waals surface area contributed by atoms with Gasteiger partial charge in [-0.25, -0.2) is 8.42 Å². The Morgan fingerprint density at radius 2 is 1.85 bits per heavy atom. The molecule has 6 nitrogen and oxygen atoms in total. The Labute approximate surface area is 195 Å². The number of piperidine rings is 1. The van der Waals surface area contributed by atoms with Gasteiger partial charge in [-0.1, -0.05) is 31.2 Å². The van der Waals surface area contributed by atoms with Crippen LogP contribution in [-0.4, -0.2) is 36.3 Å². The Morgan fingerprint density at radius 3 is 2.67 bits per heavy atom. The molecule has 0 saturated carbocycles. The first kappa shape index (κ1) is 22.2. The number of fused-ring (bicyclic) bond motifs is 2. The molecule has 1 N–H and O–H groups in total. The molecule has 2 aromatic carbocycles. The summed E-state index contributed by atoms with van der Waals surface area (Å²) in [5, 5.41) is 4.03. The van der Waals surface area contributed by atoms with E-state index < -0.39 is 10.0 Å². The van der Waals surface area contributed by atoms with Crippen molar-refractivity contribution in [2.45, 2.75) is 56.5 Å². The topological polar surface area (TPSA) is 71.4 Å². The summed E-state index contributed by atoms with van der Waals surface area (Å²) in [4.78, 5) is 13.2. The zero-order chi connectivity index (χ0) is 23.0. The maximum absolute atomic E-state index is 13.1. The van der Waals surface area contributed by atoms with Gasteiger partial charge in [-0.15, -0.1) is 0 Å². The summed E-state index contributed by atoms with van der Waals surface area (Å²) in [6.45, 7) is 3.53. The molecular weight excluding hydrogens is 434 g/mol. The molecule has 2 heterocycles. The van der Waals surface area contributed by atoms with E-state index in [-0.39, 0.29) is 18.5 Å². The van der Waals surface area contributed by atoms with Gasteiger partial charge in [0.15, 0.2) is 0 Å². The zero-order valence-electron chi connectivity index (χ0n) is 19.0. The average molecular weight is 466 g/mol. The fraction of sp³-hybridized carbons (Fsp3) is 0.423. The lowest BCUT2D eigenvalue weighted by Crippen LogP contribution is -2.37. The third kappa shape index (κ3) is 4.44. The molecule has 1 aromatic heterocycles. The van der Waals surface area contributed by atoms with E-state index >= 15 is 0 Å². The van der Waals surface area contributed by atoms with E-state index in [1.165, 1.54) is 11.1 Å². The van der Waals surface area contributed by atoms with Gasteiger partial charge in [-0.2, -0.15) is 4.31 Å². The highest BCUT2D eigenvalue weighted by Gasteiger charge is 2.28. The Morgan fingerprint density at radius 1 is 1.06 bits per heavy atom. The lowest BCUT2D eigenvalue weighted by molar-refractivity contribution is -0.122. The van der Waals surface area contributed by atoms with Gasteiger partial charge in [0.2, 0.25) is 15.9 Å². The maximum atomic E-state index is 13.1. The molecule has 1 amide bonds. The lowest BCUT2D eigenvalue weighted by Gasteiger charge is -2.29. The van der Waals surface area contributed by atoms with Crippen LogP contribution in [0.5, 0.6) is 0 Å². The van der Waals surface area contributed by atoms with Crippen molar-refractivity contribution in [3.8, 4) is 0 Å². The van der Waals surface area contributed by atoms with Crippen LogP contribution in [0.2, 0.25) is 0 Å². The van der Waals surface area contributed by atoms with Crippen molar-refractivity contribution in [1.82, 2.24) is 14.2 Å². The van der Waals surface area contributed by atoms with E-state index in [1.54, 1.807) is 16.4 Å². The quantitative estimate of drug-likeness (QED) is 0.612. The summed E-state index contributed by atoms with van der Waals surface area (Å²) < 4.78 is 29.7. The summed E-state index contributed by atoms with van der Waals surface area (Å²) in [7, 11) is -3.49. The van der Waals surface area contributed by atoms with Crippen molar-refractivity contribution < 1.29 is 13.2 Å². The van der Waals surface area contributed by atoms with Crippen LogP contribution in [0.15, 0.2) is 59.6 Å². The van der Waals surface area contributed by atoms with Crippen molar-refractivity contribution in [3.05, 3.63) is 65.9 Å². The summed E-state index contributed by atoms with van der Waals surface area (Å²) >= 11 is 0. The van der Waals surface area contributed by atoms with Gasteiger partial charge in [-0.3, -0.25) is 4.79 Å². The minimum absolute atomic E-state index is 0.0339. The Hall–Kier alpha value is -2.64. The van der Waals surface area contributed by atoms with E-state index in [1.807, 2.05) is 29.0 Å². The van der Waals surface area contributed by atoms with Gasteiger partial charge in [0.25, 0.3) is 0 Å². The number of amides is 1. The van der Waals surface area contributed by atoms with E-state index in [9.17, 15) is 13.2 Å². The summed E-state index contributed by atoms with van der Waals surface area (Å²) in [5.41, 5.74) is 3.40. The number of rotatable bonds is 5. The first-order chi connectivity index (χ1) is 15.9. The van der Waals surface area contributed by atoms with Gasteiger partial charge in [0.05, 0.1) is 10.9 Å². The average Bonchev–Trinajstić information content (AvgIpc) is 3.21. The molecule has 0 bridgehead atoms. The second-order valence-electron chi connectivity index (χ2n) is 9.46. The van der Waals surface area contributed by atoms with Gasteiger partial charge < -0.3 is 9.88 Å². The maximum Gasteiger partial charge on any atom is 0.243 e. The highest BCUT2D eigenvalue weighted by molar-refractivity contribution is 7.89. The number of carbonyl (C=O) groups excluding carboxylic acids is 1. The SMILES string of the molecule is CC1CCN(S(=O)(=O)c2ccc3c(ccn3CC(=O)N[C@H]3CCCc4ccccc43)c2)CC1. The number of hydrogen-bond donors (Lipinski definition) is 1. The third-order valence-corrected chi connectivity index (χ3v) is 9.04. The van der Waals surface area contributed by atoms with Gasteiger partial charge in [0, 0.05) is 30.2 Å². The third-order valence-electron chi connectivity index (χ3n) is 7.14. The Kier molecular flexibility index (Phi) is 6.01. The fourth-order valence-electron chi connectivity index (χ4n) is 5.15. The van der Waals surface area contributed by atoms with Crippen LogP contribution in [0.25, 0.3) is 10.9 Å². The van der Waals surface area contributed by atoms with Crippen molar-refractivity contribution in [2.24, 2.45) is 5.92 Å². The number of sulfonamides is 1. The molecule has 1 atom stereocenters. The van der Waals surface area contributed by atoms with Crippen LogP contribution in [0.4, 0.5) is 0 Å². The molecule has 1 fully saturated rings. The second-order valence-corrected chi connectivity index (χ2v) is 11.4. The molecule has 3 aromatic rings. The van der Waals surface area contributed by atoms with Crippen LogP contribution in [0, 0.1) is 5.92 Å². The van der Waals surface area contributed by atoms with Gasteiger partial charge in [0.1, 0.15) is 6.54 Å². The smallest absolute Gasteiger partial charge is 0.243 e. The summed E-state index contributed by atoms with van der Waals surface area (Å²) in [5.74, 6) is 0.537. The molecule has 0 spiro atoms. The lowest BCUT2D eigenvalue weighted by atomic mass is 9.88. The van der Waals surface area contributed by atoms with Crippen LogP contribution >= 0.6 is 0 Å². The van der Waals surface area contributed by atoms with Crippen LogP contribution in [-0.2, 0) is 27.8 Å². The second kappa shape index (κ2) is 8.95. The zero-order valence-corrected chi connectivity index (χ0v) is 19.9. The fourth-order valence-corrected chi connectivity index (χ4v) is 6.66. The van der Waals surface area contributed by atoms with Crippen LogP contribution in [0.1, 0.15) is 49.8 Å². The first-order valence-electron chi connectivity index (χ1n) is 11.9. The summed E-state index contributed by atoms with van der Waals surface area (Å²) in [6, 6.07) is 15.5. The molecule has 2 aliphatic rings. The van der Waals surface area contributed by atoms with Crippen molar-refractivity contribution in [2.75, 3.05) is 13.1 Å². The molecule has 0 unspecified atom stereocenters. The number of hydrogen-bond acceptors (Lipinski definition) is 3. The molecule has 1 aliphatic carbocycles. The standard InChI is InChI=1S/C26H31N3O3S/c1-19-11-15-29(16-12-19)33(31,32)22-9-10-25-21(17-22)13-14-28(25)18-26(30)27-24-8-4-6-20-5-2-3-7-23(20)24/h2-3,5,7,9-10,13-14,17,19,24H,4,6,8,11-12,15-16,18H2,1H3,(H,27,30)/t24-/m0/s1. The molecule has 1 aliphatic heterocycles. The number of aromatic nitrogens is 1. The van der Waals surface area contributed by atoms with E-state index in [0.29, 0.717) is 23.9 Å². The normalized spacial score (nSPS) is 20.0. The number of nitrogens with one attached hydrogen (secondary N) is 1. The van der Waals surface area contributed by atoms with Crippen molar-refractivity contribution in [1.29, 1.82) is 0 Å². The first-order valence-corrected chi connectivity index (χ1v) is 13.3. The highest BCUT2D eigenvalue weighted by atomic mass is 32.2. The predicted molar refractivity (Wildman–Crippen MR) is 129 cm³/mol. The number of benzene rings is 2. The largest absolute Gasteiger partial charge is 0.348 e. The number of nitrogens with zero attached hydrogens (tertiary/aromatic N) is 2. The van der Waals surface area contributed by atoms with Gasteiger partial charge in [-0.05, 0) is 73.4 Å². The van der Waals surface area contributed by atoms with E-state index in [0.717, 1.165) is 43.0 Å². The van der Waals surface area contributed by atoms with Crippen LogP contribution < -0.4 is 5.32 Å². The summed E-state index contributed by atoms with van der Waals surface area (Å²) in [6.07, 6.45) is 6.74. The van der Waals surface area contributed by atoms with Crippen molar-refractivity contribution >= 4 is 26.8 Å². The molecule has 1 saturated heterocycles. The molecule has 33 heavy (non-hydrogen) atoms. The molecule has 7 heteroatoms. The molecule has 0 radical (unpaired) electrons. The molecule has 174 valence electrons. The minimum atomic E-state index is -3.49. The van der Waals surface area contributed by atoms with Crippen molar-refractivity contribution in [3.63, 3.8) is 0 Å². The van der Waals surface area contributed by atoms with Gasteiger partial charge >= 0.3 is 0 Å². The number of carbonyl (C=O) groups is 1. The van der Waals surface area contributed by atoms with E-state index in [2.05, 4.69) is 30.4 Å².